The Kier molecular flexibility index (Phi) is 5.06. The van der Waals surface area contributed by atoms with E-state index in [1.54, 1.807) is 24.3 Å². The third-order valence-corrected chi connectivity index (χ3v) is 3.55. The first-order valence-electron chi connectivity index (χ1n) is 6.23. The lowest BCUT2D eigenvalue weighted by Crippen LogP contribution is -2.38. The molecule has 0 aliphatic rings. The number of nitrogens with one attached hydrogen (secondary N) is 1. The molecular weight excluding hydrogens is 282 g/mol. The molecule has 1 atom stereocenters. The predicted octanol–water partition coefficient (Wildman–Crippen LogP) is 3.24. The molecule has 2 nitrogen and oxygen atoms in total. The molecule has 0 amide bonds. The average molecular weight is 297 g/mol. The Hall–Kier alpha value is -1.49. The topological polar surface area (TPSA) is 38.0 Å². The number of hydrazine groups is 1. The van der Waals surface area contributed by atoms with E-state index < -0.39 is 5.82 Å². The Labute approximate surface area is 121 Å². The molecule has 20 heavy (non-hydrogen) atoms. The summed E-state index contributed by atoms with van der Waals surface area (Å²) >= 11 is 5.92. The number of nitrogens with two attached hydrogens (primary N) is 1. The SMILES string of the molecule is NNC(Cc1ccc(F)cc1)Cc1cccc(F)c1Cl. The molecule has 0 heterocycles. The minimum atomic E-state index is -0.443. The highest BCUT2D eigenvalue weighted by Gasteiger charge is 2.13. The molecule has 0 aliphatic heterocycles. The molecule has 0 spiro atoms. The largest absolute Gasteiger partial charge is 0.271 e. The maximum Gasteiger partial charge on any atom is 0.142 e. The van der Waals surface area contributed by atoms with Gasteiger partial charge in [-0.3, -0.25) is 11.3 Å². The van der Waals surface area contributed by atoms with Crippen LogP contribution in [-0.2, 0) is 12.8 Å². The van der Waals surface area contributed by atoms with Crippen LogP contribution in [0.3, 0.4) is 0 Å². The lowest BCUT2D eigenvalue weighted by molar-refractivity contribution is 0.520. The molecule has 0 aromatic heterocycles. The molecule has 1 unspecified atom stereocenters. The van der Waals surface area contributed by atoms with Crippen LogP contribution >= 0.6 is 11.6 Å². The quantitative estimate of drug-likeness (QED) is 0.657. The Balaban J connectivity index is 2.09. The van der Waals surface area contributed by atoms with Crippen molar-refractivity contribution in [1.82, 2.24) is 5.43 Å². The van der Waals surface area contributed by atoms with Crippen LogP contribution in [0.25, 0.3) is 0 Å². The van der Waals surface area contributed by atoms with Gasteiger partial charge in [0.1, 0.15) is 11.6 Å². The highest BCUT2D eigenvalue weighted by molar-refractivity contribution is 6.31. The van der Waals surface area contributed by atoms with Crippen LogP contribution in [0.2, 0.25) is 5.02 Å². The van der Waals surface area contributed by atoms with E-state index in [1.807, 2.05) is 0 Å². The molecule has 3 N–H and O–H groups in total. The zero-order valence-electron chi connectivity index (χ0n) is 10.7. The van der Waals surface area contributed by atoms with Crippen LogP contribution in [0.15, 0.2) is 42.5 Å². The fraction of sp³-hybridized carbons (Fsp3) is 0.200. The molecular formula is C15H15ClF2N2. The Morgan fingerprint density at radius 1 is 1.05 bits per heavy atom. The molecule has 2 rings (SSSR count). The van der Waals surface area contributed by atoms with E-state index in [0.717, 1.165) is 5.56 Å². The molecule has 0 fully saturated rings. The van der Waals surface area contributed by atoms with Gasteiger partial charge in [0.2, 0.25) is 0 Å². The Morgan fingerprint density at radius 3 is 2.40 bits per heavy atom. The Morgan fingerprint density at radius 2 is 1.75 bits per heavy atom. The molecule has 0 saturated carbocycles. The summed E-state index contributed by atoms with van der Waals surface area (Å²) in [5.41, 5.74) is 4.32. The summed E-state index contributed by atoms with van der Waals surface area (Å²) in [6, 6.07) is 10.8. The number of halogens is 3. The van der Waals surface area contributed by atoms with Gasteiger partial charge in [0.05, 0.1) is 5.02 Å². The van der Waals surface area contributed by atoms with Gasteiger partial charge in [-0.15, -0.1) is 0 Å². The second kappa shape index (κ2) is 6.79. The van der Waals surface area contributed by atoms with Gasteiger partial charge in [0.25, 0.3) is 0 Å². The van der Waals surface area contributed by atoms with Crippen LogP contribution in [0.4, 0.5) is 8.78 Å². The van der Waals surface area contributed by atoms with E-state index in [4.69, 9.17) is 17.4 Å². The first kappa shape index (κ1) is 14.9. The highest BCUT2D eigenvalue weighted by atomic mass is 35.5. The maximum atomic E-state index is 13.4. The molecule has 5 heteroatoms. The van der Waals surface area contributed by atoms with Crippen molar-refractivity contribution in [2.75, 3.05) is 0 Å². The average Bonchev–Trinajstić information content (AvgIpc) is 2.45. The smallest absolute Gasteiger partial charge is 0.142 e. The number of rotatable bonds is 5. The van der Waals surface area contributed by atoms with E-state index in [9.17, 15) is 8.78 Å². The molecule has 0 aliphatic carbocycles. The van der Waals surface area contributed by atoms with Gasteiger partial charge in [-0.1, -0.05) is 35.9 Å². The monoisotopic (exact) mass is 296 g/mol. The first-order chi connectivity index (χ1) is 9.60. The van der Waals surface area contributed by atoms with Crippen molar-refractivity contribution in [3.63, 3.8) is 0 Å². The first-order valence-corrected chi connectivity index (χ1v) is 6.61. The zero-order valence-corrected chi connectivity index (χ0v) is 11.5. The van der Waals surface area contributed by atoms with Gasteiger partial charge < -0.3 is 0 Å². The van der Waals surface area contributed by atoms with Crippen molar-refractivity contribution in [3.05, 3.63) is 70.2 Å². The lowest BCUT2D eigenvalue weighted by atomic mass is 9.99. The van der Waals surface area contributed by atoms with E-state index in [-0.39, 0.29) is 16.9 Å². The third-order valence-electron chi connectivity index (χ3n) is 3.13. The fourth-order valence-electron chi connectivity index (χ4n) is 2.07. The van der Waals surface area contributed by atoms with E-state index >= 15 is 0 Å². The van der Waals surface area contributed by atoms with Crippen molar-refractivity contribution in [2.24, 2.45) is 5.84 Å². The van der Waals surface area contributed by atoms with Gasteiger partial charge in [-0.05, 0) is 42.2 Å². The zero-order chi connectivity index (χ0) is 14.5. The second-order valence-electron chi connectivity index (χ2n) is 4.61. The van der Waals surface area contributed by atoms with Gasteiger partial charge in [-0.25, -0.2) is 8.78 Å². The van der Waals surface area contributed by atoms with Crippen molar-refractivity contribution >= 4 is 11.6 Å². The van der Waals surface area contributed by atoms with Crippen LogP contribution in [-0.4, -0.2) is 6.04 Å². The van der Waals surface area contributed by atoms with Crippen LogP contribution in [0, 0.1) is 11.6 Å². The van der Waals surface area contributed by atoms with E-state index in [2.05, 4.69) is 5.43 Å². The van der Waals surface area contributed by atoms with Crippen LogP contribution in [0.5, 0.6) is 0 Å². The van der Waals surface area contributed by atoms with Gasteiger partial charge >= 0.3 is 0 Å². The van der Waals surface area contributed by atoms with Gasteiger partial charge in [-0.2, -0.15) is 0 Å². The summed E-state index contributed by atoms with van der Waals surface area (Å²) in [6.45, 7) is 0. The van der Waals surface area contributed by atoms with E-state index in [0.29, 0.717) is 18.4 Å². The summed E-state index contributed by atoms with van der Waals surface area (Å²) in [5, 5.41) is 0.117. The van der Waals surface area contributed by atoms with Crippen molar-refractivity contribution in [3.8, 4) is 0 Å². The summed E-state index contributed by atoms with van der Waals surface area (Å²) in [5.74, 6) is 4.80. The summed E-state index contributed by atoms with van der Waals surface area (Å²) < 4.78 is 26.2. The van der Waals surface area contributed by atoms with Crippen molar-refractivity contribution in [1.29, 1.82) is 0 Å². The standard InChI is InChI=1S/C15H15ClF2N2/c16-15-11(2-1-3-14(15)18)9-13(20-19)8-10-4-6-12(17)7-5-10/h1-7,13,20H,8-9,19H2. The van der Waals surface area contributed by atoms with E-state index in [1.165, 1.54) is 18.2 Å². The molecule has 0 radical (unpaired) electrons. The predicted molar refractivity (Wildman–Crippen MR) is 76.3 cm³/mol. The fourth-order valence-corrected chi connectivity index (χ4v) is 2.27. The van der Waals surface area contributed by atoms with Crippen LogP contribution < -0.4 is 11.3 Å². The normalized spacial score (nSPS) is 12.4. The molecule has 2 aromatic carbocycles. The lowest BCUT2D eigenvalue weighted by Gasteiger charge is -2.17. The summed E-state index contributed by atoms with van der Waals surface area (Å²) in [7, 11) is 0. The van der Waals surface area contributed by atoms with Gasteiger partial charge in [0, 0.05) is 6.04 Å². The molecule has 2 aromatic rings. The van der Waals surface area contributed by atoms with Crippen LogP contribution in [0.1, 0.15) is 11.1 Å². The second-order valence-corrected chi connectivity index (χ2v) is 4.99. The molecule has 106 valence electrons. The number of hydrogen-bond acceptors (Lipinski definition) is 2. The highest BCUT2D eigenvalue weighted by Crippen LogP contribution is 2.21. The maximum absolute atomic E-state index is 13.4. The Bertz CT molecular complexity index is 573. The number of hydrogen-bond donors (Lipinski definition) is 2. The molecule has 0 bridgehead atoms. The summed E-state index contributed by atoms with van der Waals surface area (Å²) in [6.07, 6.45) is 1.09. The minimum Gasteiger partial charge on any atom is -0.271 e. The summed E-state index contributed by atoms with van der Waals surface area (Å²) in [4.78, 5) is 0. The van der Waals surface area contributed by atoms with Crippen molar-refractivity contribution in [2.45, 2.75) is 18.9 Å². The number of benzene rings is 2. The minimum absolute atomic E-state index is 0.111. The van der Waals surface area contributed by atoms with Crippen molar-refractivity contribution < 1.29 is 8.78 Å². The molecule has 0 saturated heterocycles. The third kappa shape index (κ3) is 3.76. The van der Waals surface area contributed by atoms with Gasteiger partial charge in [0.15, 0.2) is 0 Å².